The molecule has 1 aromatic carbocycles. The molecule has 8 nitrogen and oxygen atoms in total. The molecule has 1 heterocycles. The summed E-state index contributed by atoms with van der Waals surface area (Å²) in [5.74, 6) is -3.18. The molecule has 2 amide bonds. The standard InChI is InChI=1S/C13H12N4O4/c1-2-21-13(20)12(19)17-11-9(10(14)18)15-7-5-3-4-6-8(7)16-11/h3-6H,2H2,1H3,(H2,14,18)(H,16,17,19). The molecule has 0 spiro atoms. The number of hydrogen-bond donors (Lipinski definition) is 2. The fourth-order valence-electron chi connectivity index (χ4n) is 1.61. The molecule has 0 saturated heterocycles. The highest BCUT2D eigenvalue weighted by atomic mass is 16.5. The number of fused-ring (bicyclic) bond motifs is 1. The molecular formula is C13H12N4O4. The van der Waals surface area contributed by atoms with E-state index in [2.05, 4.69) is 20.0 Å². The average Bonchev–Trinajstić information content (AvgIpc) is 2.46. The van der Waals surface area contributed by atoms with Gasteiger partial charge in [-0.15, -0.1) is 0 Å². The van der Waals surface area contributed by atoms with Crippen LogP contribution in [-0.2, 0) is 14.3 Å². The van der Waals surface area contributed by atoms with Crippen molar-refractivity contribution in [3.63, 3.8) is 0 Å². The van der Waals surface area contributed by atoms with Gasteiger partial charge in [0.2, 0.25) is 0 Å². The fraction of sp³-hybridized carbons (Fsp3) is 0.154. The Balaban J connectivity index is 2.41. The first-order valence-corrected chi connectivity index (χ1v) is 6.07. The first kappa shape index (κ1) is 14.4. The third-order valence-electron chi connectivity index (χ3n) is 2.50. The summed E-state index contributed by atoms with van der Waals surface area (Å²) in [6.07, 6.45) is 0. The van der Waals surface area contributed by atoms with Crippen LogP contribution in [0.5, 0.6) is 0 Å². The number of carbonyl (C=O) groups excluding carboxylic acids is 3. The number of para-hydroxylation sites is 2. The molecule has 21 heavy (non-hydrogen) atoms. The van der Waals surface area contributed by atoms with E-state index in [1.807, 2.05) is 0 Å². The van der Waals surface area contributed by atoms with Crippen molar-refractivity contribution in [2.75, 3.05) is 11.9 Å². The predicted molar refractivity (Wildman–Crippen MR) is 73.3 cm³/mol. The van der Waals surface area contributed by atoms with E-state index in [1.54, 1.807) is 31.2 Å². The SMILES string of the molecule is CCOC(=O)C(=O)Nc1nc2ccccc2nc1C(N)=O. The van der Waals surface area contributed by atoms with E-state index < -0.39 is 17.8 Å². The maximum Gasteiger partial charge on any atom is 0.397 e. The van der Waals surface area contributed by atoms with Crippen LogP contribution in [0.4, 0.5) is 5.82 Å². The second-order valence-corrected chi connectivity index (χ2v) is 3.95. The van der Waals surface area contributed by atoms with Gasteiger partial charge in [-0.1, -0.05) is 12.1 Å². The molecule has 0 unspecified atom stereocenters. The zero-order valence-corrected chi connectivity index (χ0v) is 11.1. The minimum atomic E-state index is -1.08. The van der Waals surface area contributed by atoms with Gasteiger partial charge in [0.1, 0.15) is 0 Å². The summed E-state index contributed by atoms with van der Waals surface area (Å²) in [6, 6.07) is 6.73. The number of ether oxygens (including phenoxy) is 1. The third kappa shape index (κ3) is 3.11. The van der Waals surface area contributed by atoms with Gasteiger partial charge >= 0.3 is 11.9 Å². The van der Waals surface area contributed by atoms with Gasteiger partial charge in [-0.25, -0.2) is 14.8 Å². The Labute approximate surface area is 119 Å². The molecule has 0 aliphatic heterocycles. The van der Waals surface area contributed by atoms with Gasteiger partial charge in [-0.05, 0) is 19.1 Å². The molecule has 0 saturated carbocycles. The number of benzene rings is 1. The third-order valence-corrected chi connectivity index (χ3v) is 2.50. The molecule has 0 aliphatic carbocycles. The number of esters is 1. The Morgan fingerprint density at radius 2 is 1.81 bits per heavy atom. The number of hydrogen-bond acceptors (Lipinski definition) is 6. The smallest absolute Gasteiger partial charge is 0.397 e. The van der Waals surface area contributed by atoms with Gasteiger partial charge in [0, 0.05) is 0 Å². The highest BCUT2D eigenvalue weighted by molar-refractivity contribution is 6.37. The van der Waals surface area contributed by atoms with E-state index in [4.69, 9.17) is 5.73 Å². The topological polar surface area (TPSA) is 124 Å². The number of aromatic nitrogens is 2. The minimum Gasteiger partial charge on any atom is -0.459 e. The van der Waals surface area contributed by atoms with Crippen molar-refractivity contribution in [1.29, 1.82) is 0 Å². The largest absolute Gasteiger partial charge is 0.459 e. The molecule has 2 aromatic rings. The predicted octanol–water partition coefficient (Wildman–Crippen LogP) is 0.230. The van der Waals surface area contributed by atoms with Crippen LogP contribution in [0.15, 0.2) is 24.3 Å². The van der Waals surface area contributed by atoms with Crippen molar-refractivity contribution in [3.8, 4) is 0 Å². The Kier molecular flexibility index (Phi) is 4.07. The van der Waals surface area contributed by atoms with E-state index in [-0.39, 0.29) is 18.1 Å². The number of primary amides is 1. The summed E-state index contributed by atoms with van der Waals surface area (Å²) in [4.78, 5) is 42.4. The maximum atomic E-state index is 11.6. The van der Waals surface area contributed by atoms with E-state index in [9.17, 15) is 14.4 Å². The molecule has 0 bridgehead atoms. The molecule has 0 atom stereocenters. The highest BCUT2D eigenvalue weighted by Crippen LogP contribution is 2.16. The molecule has 2 rings (SSSR count). The number of nitrogens with two attached hydrogens (primary N) is 1. The van der Waals surface area contributed by atoms with Gasteiger partial charge in [0.25, 0.3) is 5.91 Å². The lowest BCUT2D eigenvalue weighted by Crippen LogP contribution is -2.28. The second kappa shape index (κ2) is 5.95. The molecule has 108 valence electrons. The Hall–Kier alpha value is -3.03. The van der Waals surface area contributed by atoms with Crippen LogP contribution in [-0.4, -0.2) is 34.4 Å². The molecule has 0 aliphatic rings. The summed E-state index contributed by atoms with van der Waals surface area (Å²) in [5, 5.41) is 2.18. The van der Waals surface area contributed by atoms with Crippen molar-refractivity contribution in [2.45, 2.75) is 6.92 Å². The Bertz CT molecular complexity index is 729. The van der Waals surface area contributed by atoms with Gasteiger partial charge in [0.05, 0.1) is 17.6 Å². The van der Waals surface area contributed by atoms with Crippen LogP contribution in [0.3, 0.4) is 0 Å². The van der Waals surface area contributed by atoms with Crippen LogP contribution in [0, 0.1) is 0 Å². The normalized spacial score (nSPS) is 10.1. The Morgan fingerprint density at radius 1 is 1.19 bits per heavy atom. The van der Waals surface area contributed by atoms with Crippen molar-refractivity contribution < 1.29 is 19.1 Å². The molecule has 3 N–H and O–H groups in total. The zero-order valence-electron chi connectivity index (χ0n) is 11.1. The van der Waals surface area contributed by atoms with Crippen molar-refractivity contribution in [3.05, 3.63) is 30.0 Å². The van der Waals surface area contributed by atoms with Gasteiger partial charge < -0.3 is 10.5 Å². The number of amides is 2. The van der Waals surface area contributed by atoms with E-state index >= 15 is 0 Å². The summed E-state index contributed by atoms with van der Waals surface area (Å²) >= 11 is 0. The summed E-state index contributed by atoms with van der Waals surface area (Å²) in [7, 11) is 0. The first-order chi connectivity index (χ1) is 10.0. The highest BCUT2D eigenvalue weighted by Gasteiger charge is 2.20. The Morgan fingerprint density at radius 3 is 2.38 bits per heavy atom. The fourth-order valence-corrected chi connectivity index (χ4v) is 1.61. The number of nitrogens with one attached hydrogen (secondary N) is 1. The van der Waals surface area contributed by atoms with E-state index in [1.165, 1.54) is 0 Å². The number of carbonyl (C=O) groups is 3. The lowest BCUT2D eigenvalue weighted by Gasteiger charge is -2.08. The van der Waals surface area contributed by atoms with Crippen LogP contribution in [0.25, 0.3) is 11.0 Å². The van der Waals surface area contributed by atoms with E-state index in [0.29, 0.717) is 11.0 Å². The van der Waals surface area contributed by atoms with Gasteiger partial charge in [0.15, 0.2) is 11.5 Å². The number of anilines is 1. The van der Waals surface area contributed by atoms with Crippen LogP contribution >= 0.6 is 0 Å². The minimum absolute atomic E-state index is 0.0539. The van der Waals surface area contributed by atoms with Gasteiger partial charge in [-0.3, -0.25) is 14.9 Å². The van der Waals surface area contributed by atoms with Crippen molar-refractivity contribution in [1.82, 2.24) is 9.97 Å². The number of rotatable bonds is 3. The maximum absolute atomic E-state index is 11.6. The molecular weight excluding hydrogens is 276 g/mol. The lowest BCUT2D eigenvalue weighted by molar-refractivity contribution is -0.152. The summed E-state index contributed by atoms with van der Waals surface area (Å²) in [6.45, 7) is 1.62. The van der Waals surface area contributed by atoms with Crippen LogP contribution in [0.2, 0.25) is 0 Å². The van der Waals surface area contributed by atoms with Crippen LogP contribution in [0.1, 0.15) is 17.4 Å². The van der Waals surface area contributed by atoms with E-state index in [0.717, 1.165) is 0 Å². The molecule has 8 heteroatoms. The monoisotopic (exact) mass is 288 g/mol. The summed E-state index contributed by atoms with van der Waals surface area (Å²) < 4.78 is 4.55. The molecule has 1 aromatic heterocycles. The van der Waals surface area contributed by atoms with Crippen molar-refractivity contribution >= 4 is 34.6 Å². The number of nitrogens with zero attached hydrogens (tertiary/aromatic N) is 2. The first-order valence-electron chi connectivity index (χ1n) is 6.07. The summed E-state index contributed by atoms with van der Waals surface area (Å²) in [5.41, 5.74) is 5.87. The van der Waals surface area contributed by atoms with Gasteiger partial charge in [-0.2, -0.15) is 0 Å². The molecule has 0 radical (unpaired) electrons. The quantitative estimate of drug-likeness (QED) is 0.615. The molecule has 0 fully saturated rings. The van der Waals surface area contributed by atoms with Crippen molar-refractivity contribution in [2.24, 2.45) is 5.73 Å². The second-order valence-electron chi connectivity index (χ2n) is 3.95. The average molecular weight is 288 g/mol. The van der Waals surface area contributed by atoms with Crippen LogP contribution < -0.4 is 11.1 Å². The zero-order chi connectivity index (χ0) is 15.4. The lowest BCUT2D eigenvalue weighted by atomic mass is 10.2.